The highest BCUT2D eigenvalue weighted by atomic mass is 32.1. The highest BCUT2D eigenvalue weighted by Crippen LogP contribution is 2.25. The van der Waals surface area contributed by atoms with Crippen LogP contribution in [-0.2, 0) is 6.54 Å². The molecule has 0 aliphatic carbocycles. The minimum Gasteiger partial charge on any atom is -0.313 e. The fourth-order valence-corrected chi connectivity index (χ4v) is 3.01. The Hall–Kier alpha value is -3.01. The number of nitrogens with zero attached hydrogens (tertiary/aromatic N) is 7. The van der Waals surface area contributed by atoms with Crippen LogP contribution in [0.25, 0.3) is 0 Å². The number of nitrogens with one attached hydrogen (secondary N) is 1. The minimum atomic E-state index is -0.351. The average molecular weight is 400 g/mol. The van der Waals surface area contributed by atoms with Gasteiger partial charge in [-0.1, -0.05) is 11.3 Å². The minimum absolute atomic E-state index is 0.0811. The summed E-state index contributed by atoms with van der Waals surface area (Å²) in [5.74, 6) is 0.251. The maximum atomic E-state index is 13.7. The Morgan fingerprint density at radius 3 is 3.04 bits per heavy atom. The van der Waals surface area contributed by atoms with E-state index in [1.807, 2.05) is 20.1 Å². The van der Waals surface area contributed by atoms with Crippen molar-refractivity contribution in [3.8, 4) is 0 Å². The Bertz CT molecular complexity index is 977. The number of anilines is 2. The molecule has 1 atom stereocenters. The predicted octanol–water partition coefficient (Wildman–Crippen LogP) is 3.67. The molecule has 146 valence electrons. The van der Waals surface area contributed by atoms with E-state index in [1.165, 1.54) is 17.4 Å². The highest BCUT2D eigenvalue weighted by Gasteiger charge is 2.12. The maximum Gasteiger partial charge on any atom is 0.211 e. The third-order valence-corrected chi connectivity index (χ3v) is 4.93. The van der Waals surface area contributed by atoms with Crippen LogP contribution < -0.4 is 5.32 Å². The maximum absolute atomic E-state index is 13.7. The molecule has 0 aromatic carbocycles. The molecule has 0 bridgehead atoms. The lowest BCUT2D eigenvalue weighted by Crippen LogP contribution is -2.05. The van der Waals surface area contributed by atoms with Gasteiger partial charge in [0.15, 0.2) is 5.82 Å². The lowest BCUT2D eigenvalue weighted by Gasteiger charge is -2.02. The Morgan fingerprint density at radius 1 is 1.39 bits per heavy atom. The van der Waals surface area contributed by atoms with Crippen LogP contribution in [0, 0.1) is 5.82 Å². The molecule has 0 radical (unpaired) electrons. The molecule has 3 rings (SSSR count). The zero-order valence-corrected chi connectivity index (χ0v) is 16.7. The van der Waals surface area contributed by atoms with Crippen molar-refractivity contribution in [2.24, 2.45) is 9.98 Å². The molecule has 0 aliphatic heterocycles. The summed E-state index contributed by atoms with van der Waals surface area (Å²) in [6.45, 7) is 4.18. The third-order valence-electron chi connectivity index (χ3n) is 3.92. The summed E-state index contributed by atoms with van der Waals surface area (Å²) in [6, 6.07) is 4.65. The monoisotopic (exact) mass is 400 g/mol. The van der Waals surface area contributed by atoms with Gasteiger partial charge in [-0.3, -0.25) is 19.7 Å². The van der Waals surface area contributed by atoms with E-state index in [-0.39, 0.29) is 18.4 Å². The first-order valence-corrected chi connectivity index (χ1v) is 9.54. The van der Waals surface area contributed by atoms with Crippen LogP contribution in [-0.4, -0.2) is 43.9 Å². The Labute approximate surface area is 166 Å². The Kier molecular flexibility index (Phi) is 6.53. The van der Waals surface area contributed by atoms with E-state index in [0.29, 0.717) is 16.6 Å². The number of aliphatic imine (C=N–C) groups is 2. The van der Waals surface area contributed by atoms with E-state index in [0.717, 1.165) is 17.1 Å². The van der Waals surface area contributed by atoms with Gasteiger partial charge in [0, 0.05) is 43.9 Å². The number of hydrogen-bond acceptors (Lipinski definition) is 8. The van der Waals surface area contributed by atoms with E-state index in [2.05, 4.69) is 35.6 Å². The van der Waals surface area contributed by atoms with Crippen molar-refractivity contribution >= 4 is 34.2 Å². The van der Waals surface area contributed by atoms with Crippen LogP contribution >= 0.6 is 11.3 Å². The molecule has 28 heavy (non-hydrogen) atoms. The van der Waals surface area contributed by atoms with Crippen LogP contribution in [0.4, 0.5) is 15.3 Å². The Balaban J connectivity index is 1.59. The molecule has 10 heteroatoms. The van der Waals surface area contributed by atoms with Crippen molar-refractivity contribution in [3.63, 3.8) is 0 Å². The zero-order chi connectivity index (χ0) is 19.9. The molecule has 3 heterocycles. The van der Waals surface area contributed by atoms with E-state index >= 15 is 0 Å². The van der Waals surface area contributed by atoms with E-state index in [1.54, 1.807) is 36.3 Å². The summed E-state index contributed by atoms with van der Waals surface area (Å²) in [5, 5.41) is 17.2. The first kappa shape index (κ1) is 19.7. The fourth-order valence-electron chi connectivity index (χ4n) is 2.27. The molecule has 8 nitrogen and oxygen atoms in total. The van der Waals surface area contributed by atoms with E-state index in [4.69, 9.17) is 0 Å². The molecular weight excluding hydrogens is 379 g/mol. The summed E-state index contributed by atoms with van der Waals surface area (Å²) < 4.78 is 15.3. The van der Waals surface area contributed by atoms with E-state index in [9.17, 15) is 4.39 Å². The summed E-state index contributed by atoms with van der Waals surface area (Å²) in [4.78, 5) is 12.6. The van der Waals surface area contributed by atoms with Crippen LogP contribution in [0.15, 0.2) is 40.6 Å². The van der Waals surface area contributed by atoms with Crippen molar-refractivity contribution in [2.75, 3.05) is 12.4 Å². The second kappa shape index (κ2) is 9.27. The smallest absolute Gasteiger partial charge is 0.211 e. The molecule has 0 fully saturated rings. The molecular formula is C18H21FN8S. The van der Waals surface area contributed by atoms with Crippen LogP contribution in [0.3, 0.4) is 0 Å². The van der Waals surface area contributed by atoms with Crippen molar-refractivity contribution in [3.05, 3.63) is 47.1 Å². The summed E-state index contributed by atoms with van der Waals surface area (Å²) >= 11 is 1.42. The second-order valence-electron chi connectivity index (χ2n) is 6.07. The molecule has 1 N–H and O–H groups in total. The van der Waals surface area contributed by atoms with E-state index < -0.39 is 0 Å². The quantitative estimate of drug-likeness (QED) is 0.582. The number of aromatic nitrogens is 5. The number of hydrogen-bond donors (Lipinski definition) is 1. The van der Waals surface area contributed by atoms with Gasteiger partial charge < -0.3 is 5.32 Å². The normalized spacial score (nSPS) is 13.2. The molecule has 0 saturated carbocycles. The lowest BCUT2D eigenvalue weighted by atomic mass is 10.3. The van der Waals surface area contributed by atoms with Gasteiger partial charge in [0.05, 0.1) is 12.2 Å². The largest absolute Gasteiger partial charge is 0.313 e. The van der Waals surface area contributed by atoms with Crippen molar-refractivity contribution in [1.82, 2.24) is 25.0 Å². The predicted molar refractivity (Wildman–Crippen MR) is 109 cm³/mol. The van der Waals surface area contributed by atoms with Gasteiger partial charge in [-0.05, 0) is 26.0 Å². The summed E-state index contributed by atoms with van der Waals surface area (Å²) in [6.07, 6.45) is 5.88. The molecule has 3 aromatic rings. The second-order valence-corrected chi connectivity index (χ2v) is 7.08. The first-order chi connectivity index (χ1) is 13.5. The molecule has 0 amide bonds. The van der Waals surface area contributed by atoms with Gasteiger partial charge in [-0.2, -0.15) is 5.10 Å². The first-order valence-electron chi connectivity index (χ1n) is 8.72. The number of pyridine rings is 1. The third kappa shape index (κ3) is 5.26. The lowest BCUT2D eigenvalue weighted by molar-refractivity contribution is 0.571. The van der Waals surface area contributed by atoms with Crippen molar-refractivity contribution in [1.29, 1.82) is 0 Å². The van der Waals surface area contributed by atoms with Crippen LogP contribution in [0.2, 0.25) is 0 Å². The number of halogens is 1. The number of rotatable bonds is 8. The van der Waals surface area contributed by atoms with Gasteiger partial charge >= 0.3 is 0 Å². The molecule has 1 unspecified atom stereocenters. The fraction of sp³-hybridized carbons (Fsp3) is 0.333. The van der Waals surface area contributed by atoms with Gasteiger partial charge in [0.25, 0.3) is 0 Å². The summed E-state index contributed by atoms with van der Waals surface area (Å²) in [7, 11) is 1.77. The van der Waals surface area contributed by atoms with Crippen molar-refractivity contribution in [2.45, 2.75) is 32.9 Å². The molecule has 3 aromatic heterocycles. The average Bonchev–Trinajstić information content (AvgIpc) is 3.33. The van der Waals surface area contributed by atoms with Gasteiger partial charge in [0.1, 0.15) is 16.9 Å². The summed E-state index contributed by atoms with van der Waals surface area (Å²) in [5.41, 5.74) is 1.36. The molecule has 0 spiro atoms. The topological polar surface area (TPSA) is 93.2 Å². The van der Waals surface area contributed by atoms with Gasteiger partial charge in [0.2, 0.25) is 5.13 Å². The van der Waals surface area contributed by atoms with Crippen LogP contribution in [0.1, 0.15) is 37.0 Å². The standard InChI is InChI=1S/C18H21FN8S/c1-12(20-3)6-9-21-13(2)17-24-25-18(28-17)23-16-7-10-27(26-16)11-15-14(19)5-4-8-22-15/h4-5,7-10,13H,6,11H2,1-3H3,(H,23,25,26)/b20-12-,21-9+. The molecule has 0 aliphatic rings. The highest BCUT2D eigenvalue weighted by molar-refractivity contribution is 7.15. The van der Waals surface area contributed by atoms with Crippen molar-refractivity contribution < 1.29 is 4.39 Å². The van der Waals surface area contributed by atoms with Crippen LogP contribution in [0.5, 0.6) is 0 Å². The SMILES string of the molecule is C/N=C(/C)C/C=N/C(C)c1nnc(Nc2ccn(Cc3ncccc3F)n2)s1. The molecule has 0 saturated heterocycles. The Morgan fingerprint density at radius 2 is 2.25 bits per heavy atom. The van der Waals surface area contributed by atoms with Gasteiger partial charge in [-0.25, -0.2) is 4.39 Å². The van der Waals surface area contributed by atoms with Gasteiger partial charge in [-0.15, -0.1) is 10.2 Å². The zero-order valence-electron chi connectivity index (χ0n) is 15.9.